The topological polar surface area (TPSA) is 66.4 Å². The molecule has 3 unspecified atom stereocenters. The van der Waals surface area contributed by atoms with Gasteiger partial charge in [0.2, 0.25) is 0 Å². The second-order valence-electron chi connectivity index (χ2n) is 6.14. The molecule has 2 heterocycles. The summed E-state index contributed by atoms with van der Waals surface area (Å²) in [6.45, 7) is 1.99. The lowest BCUT2D eigenvalue weighted by molar-refractivity contribution is -0.0155. The molecule has 1 aliphatic carbocycles. The van der Waals surface area contributed by atoms with E-state index in [1.807, 2.05) is 0 Å². The number of nitrogens with one attached hydrogen (secondary N) is 1. The van der Waals surface area contributed by atoms with Crippen LogP contribution in [0.25, 0.3) is 0 Å². The third-order valence-corrected chi connectivity index (χ3v) is 6.75. The number of hydrogen-bond donors (Lipinski definition) is 2. The zero-order chi connectivity index (χ0) is 12.1. The Morgan fingerprint density at radius 3 is 2.41 bits per heavy atom. The van der Waals surface area contributed by atoms with Crippen molar-refractivity contribution in [1.29, 1.82) is 0 Å². The molecule has 2 aliphatic heterocycles. The van der Waals surface area contributed by atoms with Gasteiger partial charge in [0.15, 0.2) is 9.84 Å². The number of rotatable bonds is 1. The van der Waals surface area contributed by atoms with Crippen LogP contribution in [0.15, 0.2) is 0 Å². The first-order valence-corrected chi connectivity index (χ1v) is 8.44. The zero-order valence-corrected chi connectivity index (χ0v) is 10.9. The Bertz CT molecular complexity index is 394. The molecule has 3 aliphatic rings. The van der Waals surface area contributed by atoms with Crippen LogP contribution in [0.3, 0.4) is 0 Å². The van der Waals surface area contributed by atoms with Crippen molar-refractivity contribution in [2.24, 2.45) is 17.8 Å². The summed E-state index contributed by atoms with van der Waals surface area (Å²) in [5.74, 6) is 1.62. The molecular formula is C12H21NO3S. The monoisotopic (exact) mass is 259 g/mol. The maximum Gasteiger partial charge on any atom is 0.150 e. The molecule has 3 atom stereocenters. The zero-order valence-electron chi connectivity index (χ0n) is 10.1. The molecule has 3 fully saturated rings. The van der Waals surface area contributed by atoms with Gasteiger partial charge in [-0.15, -0.1) is 0 Å². The molecule has 0 aromatic rings. The van der Waals surface area contributed by atoms with E-state index in [4.69, 9.17) is 0 Å². The third-order valence-electron chi connectivity index (χ3n) is 4.93. The molecule has 5 heteroatoms. The minimum Gasteiger partial charge on any atom is -0.390 e. The van der Waals surface area contributed by atoms with Crippen LogP contribution >= 0.6 is 0 Å². The molecule has 3 rings (SSSR count). The van der Waals surface area contributed by atoms with Gasteiger partial charge in [-0.2, -0.15) is 0 Å². The summed E-state index contributed by atoms with van der Waals surface area (Å²) in [5.41, 5.74) is -0.703. The highest BCUT2D eigenvalue weighted by atomic mass is 32.2. The number of sulfone groups is 1. The second-order valence-corrected chi connectivity index (χ2v) is 8.37. The summed E-state index contributed by atoms with van der Waals surface area (Å²) in [7, 11) is -2.91. The molecule has 0 bridgehead atoms. The van der Waals surface area contributed by atoms with Gasteiger partial charge in [0, 0.05) is 5.92 Å². The molecule has 4 nitrogen and oxygen atoms in total. The van der Waals surface area contributed by atoms with Crippen molar-refractivity contribution in [3.63, 3.8) is 0 Å². The van der Waals surface area contributed by atoms with Crippen LogP contribution in [0.4, 0.5) is 0 Å². The largest absolute Gasteiger partial charge is 0.390 e. The van der Waals surface area contributed by atoms with Gasteiger partial charge in [0.1, 0.15) is 0 Å². The fraction of sp³-hybridized carbons (Fsp3) is 1.00. The van der Waals surface area contributed by atoms with Crippen LogP contribution in [-0.2, 0) is 9.84 Å². The van der Waals surface area contributed by atoms with E-state index in [1.165, 1.54) is 0 Å². The predicted molar refractivity (Wildman–Crippen MR) is 65.4 cm³/mol. The fourth-order valence-electron chi connectivity index (χ4n) is 4.04. The van der Waals surface area contributed by atoms with Gasteiger partial charge in [0.05, 0.1) is 17.1 Å². The van der Waals surface area contributed by atoms with Crippen molar-refractivity contribution in [2.75, 3.05) is 24.6 Å². The maximum absolute atomic E-state index is 11.7. The lowest BCUT2D eigenvalue weighted by Crippen LogP contribution is -2.43. The Hall–Kier alpha value is -0.130. The molecular weight excluding hydrogens is 238 g/mol. The second kappa shape index (κ2) is 3.93. The van der Waals surface area contributed by atoms with Gasteiger partial charge in [-0.1, -0.05) is 0 Å². The SMILES string of the molecule is O=S1(=O)CCCC(C2(O)CC3CNCC3C2)C1. The number of hydrogen-bond acceptors (Lipinski definition) is 4. The van der Waals surface area contributed by atoms with E-state index in [0.29, 0.717) is 17.6 Å². The van der Waals surface area contributed by atoms with Crippen LogP contribution in [0.5, 0.6) is 0 Å². The molecule has 0 spiro atoms. The highest BCUT2D eigenvalue weighted by Crippen LogP contribution is 2.47. The van der Waals surface area contributed by atoms with Crippen LogP contribution < -0.4 is 5.32 Å². The van der Waals surface area contributed by atoms with Crippen molar-refractivity contribution >= 4 is 9.84 Å². The number of fused-ring (bicyclic) bond motifs is 1. The van der Waals surface area contributed by atoms with E-state index in [2.05, 4.69) is 5.32 Å². The molecule has 98 valence electrons. The minimum atomic E-state index is -2.91. The summed E-state index contributed by atoms with van der Waals surface area (Å²) in [6.07, 6.45) is 3.20. The first kappa shape index (κ1) is 11.9. The molecule has 2 N–H and O–H groups in total. The van der Waals surface area contributed by atoms with Crippen molar-refractivity contribution in [3.05, 3.63) is 0 Å². The summed E-state index contributed by atoms with van der Waals surface area (Å²) in [4.78, 5) is 0. The lowest BCUT2D eigenvalue weighted by atomic mass is 9.82. The average Bonchev–Trinajstić information content (AvgIpc) is 2.74. The Morgan fingerprint density at radius 1 is 1.18 bits per heavy atom. The van der Waals surface area contributed by atoms with Crippen molar-refractivity contribution < 1.29 is 13.5 Å². The number of aliphatic hydroxyl groups is 1. The van der Waals surface area contributed by atoms with Crippen molar-refractivity contribution in [2.45, 2.75) is 31.3 Å². The van der Waals surface area contributed by atoms with Crippen LogP contribution in [0.1, 0.15) is 25.7 Å². The van der Waals surface area contributed by atoms with E-state index in [1.54, 1.807) is 0 Å². The normalized spacial score (nSPS) is 49.1. The quantitative estimate of drug-likeness (QED) is 0.704. The van der Waals surface area contributed by atoms with Gasteiger partial charge in [-0.3, -0.25) is 0 Å². The Morgan fingerprint density at radius 2 is 1.82 bits per heavy atom. The molecule has 0 aromatic carbocycles. The Labute approximate surface area is 103 Å². The first-order chi connectivity index (χ1) is 7.99. The van der Waals surface area contributed by atoms with Crippen LogP contribution in [0.2, 0.25) is 0 Å². The van der Waals surface area contributed by atoms with E-state index in [0.717, 1.165) is 38.8 Å². The summed E-state index contributed by atoms with van der Waals surface area (Å²) in [6, 6.07) is 0. The maximum atomic E-state index is 11.7. The molecule has 0 radical (unpaired) electrons. The lowest BCUT2D eigenvalue weighted by Gasteiger charge is -2.36. The van der Waals surface area contributed by atoms with Gasteiger partial charge in [-0.25, -0.2) is 8.42 Å². The average molecular weight is 259 g/mol. The van der Waals surface area contributed by atoms with Crippen LogP contribution in [-0.4, -0.2) is 43.7 Å². The summed E-state index contributed by atoms with van der Waals surface area (Å²) in [5, 5.41) is 14.1. The molecule has 1 saturated carbocycles. The third kappa shape index (κ3) is 2.13. The summed E-state index contributed by atoms with van der Waals surface area (Å²) >= 11 is 0. The van der Waals surface area contributed by atoms with Crippen LogP contribution in [0, 0.1) is 17.8 Å². The Balaban J connectivity index is 1.75. The smallest absolute Gasteiger partial charge is 0.150 e. The minimum absolute atomic E-state index is 0.0214. The van der Waals surface area contributed by atoms with Gasteiger partial charge < -0.3 is 10.4 Å². The molecule has 17 heavy (non-hydrogen) atoms. The van der Waals surface area contributed by atoms with Gasteiger partial charge in [0.25, 0.3) is 0 Å². The van der Waals surface area contributed by atoms with E-state index in [-0.39, 0.29) is 11.7 Å². The molecule has 0 amide bonds. The van der Waals surface area contributed by atoms with E-state index in [9.17, 15) is 13.5 Å². The first-order valence-electron chi connectivity index (χ1n) is 6.62. The van der Waals surface area contributed by atoms with Crippen molar-refractivity contribution in [1.82, 2.24) is 5.32 Å². The predicted octanol–water partition coefficient (Wildman–Crippen LogP) is 0.172. The van der Waals surface area contributed by atoms with Gasteiger partial charge in [-0.05, 0) is 50.6 Å². The fourth-order valence-corrected chi connectivity index (χ4v) is 5.90. The molecule has 2 saturated heterocycles. The highest BCUT2D eigenvalue weighted by molar-refractivity contribution is 7.91. The van der Waals surface area contributed by atoms with E-state index < -0.39 is 15.4 Å². The van der Waals surface area contributed by atoms with E-state index >= 15 is 0 Å². The highest BCUT2D eigenvalue weighted by Gasteiger charge is 2.51. The standard InChI is InChI=1S/C12H21NO3S/c14-12(4-9-6-13-7-10(9)5-12)11-2-1-3-17(15,16)8-11/h9-11,13-14H,1-8H2. The summed E-state index contributed by atoms with van der Waals surface area (Å²) < 4.78 is 23.4. The van der Waals surface area contributed by atoms with Gasteiger partial charge >= 0.3 is 0 Å². The molecule has 0 aromatic heterocycles. The Kier molecular flexibility index (Phi) is 2.76. The van der Waals surface area contributed by atoms with Crippen molar-refractivity contribution in [3.8, 4) is 0 Å².